The Kier molecular flexibility index (Phi) is 7.89. The van der Waals surface area contributed by atoms with Crippen molar-refractivity contribution in [1.82, 2.24) is 14.9 Å². The summed E-state index contributed by atoms with van der Waals surface area (Å²) in [6.07, 6.45) is 2.53. The standard InChI is InChI=1S/C29H32N4O5S/c1-2-25-16-26-27(39-25)30-19-33(37-18-24-17-35-20-36-24)28(26)31-11-13-32(14-12-31)29(34)21-7-6-10-23(15-21)38-22-8-4-3-5-9-22/h3-10,15-16,19,24,28H,2,11-14,17-18,20H2,1H3. The maximum absolute atomic E-state index is 13.4. The van der Waals surface area contributed by atoms with E-state index in [1.54, 1.807) is 17.7 Å². The van der Waals surface area contributed by atoms with Crippen molar-refractivity contribution in [3.63, 3.8) is 0 Å². The monoisotopic (exact) mass is 548 g/mol. The third-order valence-corrected chi connectivity index (χ3v) is 8.26. The summed E-state index contributed by atoms with van der Waals surface area (Å²) in [5, 5.41) is 2.85. The summed E-state index contributed by atoms with van der Waals surface area (Å²) in [6, 6.07) is 19.2. The van der Waals surface area contributed by atoms with Crippen LogP contribution < -0.4 is 4.74 Å². The zero-order valence-electron chi connectivity index (χ0n) is 21.9. The summed E-state index contributed by atoms with van der Waals surface area (Å²) in [6.45, 7) is 6.03. The van der Waals surface area contributed by atoms with Crippen LogP contribution >= 0.6 is 11.3 Å². The number of hydrogen-bond donors (Lipinski definition) is 0. The lowest BCUT2D eigenvalue weighted by molar-refractivity contribution is -0.185. The van der Waals surface area contributed by atoms with E-state index >= 15 is 0 Å². The molecule has 204 valence electrons. The molecule has 3 aliphatic heterocycles. The molecule has 39 heavy (non-hydrogen) atoms. The first-order valence-electron chi connectivity index (χ1n) is 13.3. The van der Waals surface area contributed by atoms with Crippen LogP contribution in [0.25, 0.3) is 0 Å². The van der Waals surface area contributed by atoms with Crippen LogP contribution in [0.4, 0.5) is 5.00 Å². The van der Waals surface area contributed by atoms with Gasteiger partial charge in [-0.2, -0.15) is 0 Å². The van der Waals surface area contributed by atoms with E-state index in [9.17, 15) is 4.79 Å². The first kappa shape index (κ1) is 26.0. The van der Waals surface area contributed by atoms with E-state index in [4.69, 9.17) is 19.0 Å². The molecule has 0 aliphatic carbocycles. The normalized spacial score (nSPS) is 21.3. The SMILES string of the molecule is CCc1cc2c(s1)N=CN(OCC1COCO1)C2N1CCN(C(=O)c2cccc(Oc3ccccc3)c2)CC1. The van der Waals surface area contributed by atoms with Crippen molar-refractivity contribution >= 4 is 28.6 Å². The third-order valence-electron chi connectivity index (χ3n) is 7.06. The van der Waals surface area contributed by atoms with Crippen LogP contribution in [0.5, 0.6) is 11.5 Å². The first-order chi connectivity index (χ1) is 19.2. The van der Waals surface area contributed by atoms with Crippen molar-refractivity contribution in [3.8, 4) is 11.5 Å². The highest BCUT2D eigenvalue weighted by Gasteiger charge is 2.36. The van der Waals surface area contributed by atoms with Gasteiger partial charge in [-0.3, -0.25) is 14.5 Å². The topological polar surface area (TPSA) is 76.1 Å². The average molecular weight is 549 g/mol. The number of thiophene rings is 1. The number of hydrogen-bond acceptors (Lipinski definition) is 9. The van der Waals surface area contributed by atoms with E-state index in [0.29, 0.717) is 57.5 Å². The molecule has 10 heteroatoms. The lowest BCUT2D eigenvalue weighted by atomic mass is 10.1. The van der Waals surface area contributed by atoms with Crippen LogP contribution in [-0.4, -0.2) is 79.4 Å². The molecule has 1 amide bonds. The average Bonchev–Trinajstić information content (AvgIpc) is 3.66. The molecule has 2 atom stereocenters. The number of rotatable bonds is 8. The molecule has 2 fully saturated rings. The Bertz CT molecular complexity index is 1300. The molecule has 0 N–H and O–H groups in total. The number of hydroxylamine groups is 2. The minimum Gasteiger partial charge on any atom is -0.457 e. The minimum absolute atomic E-state index is 0.00866. The van der Waals surface area contributed by atoms with Crippen LogP contribution in [0.2, 0.25) is 0 Å². The number of carbonyl (C=O) groups is 1. The highest BCUT2D eigenvalue weighted by atomic mass is 32.1. The molecule has 4 heterocycles. The van der Waals surface area contributed by atoms with Crippen molar-refractivity contribution in [2.24, 2.45) is 4.99 Å². The molecule has 9 nitrogen and oxygen atoms in total. The lowest BCUT2D eigenvalue weighted by Crippen LogP contribution is -2.53. The van der Waals surface area contributed by atoms with Gasteiger partial charge in [-0.05, 0) is 42.8 Å². The first-order valence-corrected chi connectivity index (χ1v) is 14.1. The Labute approximate surface area is 232 Å². The van der Waals surface area contributed by atoms with Crippen LogP contribution in [-0.2, 0) is 20.7 Å². The van der Waals surface area contributed by atoms with Gasteiger partial charge in [0.15, 0.2) is 0 Å². The fraction of sp³-hybridized carbons (Fsp3) is 0.379. The predicted octanol–water partition coefficient (Wildman–Crippen LogP) is 4.84. The van der Waals surface area contributed by atoms with E-state index in [-0.39, 0.29) is 18.2 Å². The van der Waals surface area contributed by atoms with Crippen LogP contribution in [0.15, 0.2) is 65.7 Å². The highest BCUT2D eigenvalue weighted by Crippen LogP contribution is 2.42. The molecular formula is C29H32N4O5S. The van der Waals surface area contributed by atoms with Gasteiger partial charge in [-0.15, -0.1) is 11.3 Å². The number of ether oxygens (including phenoxy) is 3. The van der Waals surface area contributed by atoms with Gasteiger partial charge in [0.25, 0.3) is 5.91 Å². The van der Waals surface area contributed by atoms with Crippen LogP contribution in [0.1, 0.15) is 33.9 Å². The number of para-hydroxylation sites is 1. The molecule has 1 aromatic heterocycles. The summed E-state index contributed by atoms with van der Waals surface area (Å²) in [5.41, 5.74) is 1.77. The second kappa shape index (κ2) is 11.8. The van der Waals surface area contributed by atoms with E-state index in [1.165, 1.54) is 4.88 Å². The Balaban J connectivity index is 1.13. The van der Waals surface area contributed by atoms with Gasteiger partial charge in [0.1, 0.15) is 48.5 Å². The molecule has 6 rings (SSSR count). The quantitative estimate of drug-likeness (QED) is 0.399. The largest absolute Gasteiger partial charge is 0.457 e. The number of benzene rings is 2. The Morgan fingerprint density at radius 2 is 1.87 bits per heavy atom. The van der Waals surface area contributed by atoms with Gasteiger partial charge in [-0.25, -0.2) is 10.1 Å². The van der Waals surface area contributed by atoms with Gasteiger partial charge in [0.05, 0.1) is 6.61 Å². The minimum atomic E-state index is -0.115. The summed E-state index contributed by atoms with van der Waals surface area (Å²) >= 11 is 1.73. The Morgan fingerprint density at radius 1 is 1.05 bits per heavy atom. The smallest absolute Gasteiger partial charge is 0.254 e. The number of fused-ring (bicyclic) bond motifs is 1. The van der Waals surface area contributed by atoms with Crippen molar-refractivity contribution in [1.29, 1.82) is 0 Å². The van der Waals surface area contributed by atoms with Crippen molar-refractivity contribution in [2.45, 2.75) is 25.6 Å². The molecule has 3 aliphatic rings. The molecule has 3 aromatic rings. The van der Waals surface area contributed by atoms with Gasteiger partial charge in [0, 0.05) is 42.2 Å². The Morgan fingerprint density at radius 3 is 2.64 bits per heavy atom. The molecule has 0 bridgehead atoms. The summed E-state index contributed by atoms with van der Waals surface area (Å²) in [5.74, 6) is 1.40. The van der Waals surface area contributed by atoms with E-state index in [0.717, 1.165) is 22.7 Å². The number of aliphatic imine (C=N–C) groups is 1. The second-order valence-electron chi connectivity index (χ2n) is 9.65. The van der Waals surface area contributed by atoms with E-state index < -0.39 is 0 Å². The molecule has 2 saturated heterocycles. The lowest BCUT2D eigenvalue weighted by Gasteiger charge is -2.43. The maximum Gasteiger partial charge on any atom is 0.254 e. The van der Waals surface area contributed by atoms with Crippen LogP contribution in [0.3, 0.4) is 0 Å². The van der Waals surface area contributed by atoms with Gasteiger partial charge >= 0.3 is 0 Å². The summed E-state index contributed by atoms with van der Waals surface area (Å²) in [7, 11) is 0. The molecule has 0 radical (unpaired) electrons. The third kappa shape index (κ3) is 5.85. The van der Waals surface area contributed by atoms with Crippen molar-refractivity contribution in [3.05, 3.63) is 76.7 Å². The van der Waals surface area contributed by atoms with Crippen molar-refractivity contribution in [2.75, 3.05) is 46.2 Å². The molecular weight excluding hydrogens is 516 g/mol. The number of carbonyl (C=O) groups excluding carboxylic acids is 1. The van der Waals surface area contributed by atoms with Gasteiger partial charge in [-0.1, -0.05) is 31.2 Å². The molecule has 0 saturated carbocycles. The number of piperazine rings is 1. The predicted molar refractivity (Wildman–Crippen MR) is 149 cm³/mol. The van der Waals surface area contributed by atoms with Crippen LogP contribution in [0, 0.1) is 0 Å². The van der Waals surface area contributed by atoms with E-state index in [1.807, 2.05) is 64.6 Å². The van der Waals surface area contributed by atoms with Crippen molar-refractivity contribution < 1.29 is 23.8 Å². The number of nitrogens with zero attached hydrogens (tertiary/aromatic N) is 4. The van der Waals surface area contributed by atoms with Gasteiger partial charge in [0.2, 0.25) is 0 Å². The van der Waals surface area contributed by atoms with E-state index in [2.05, 4.69) is 22.9 Å². The highest BCUT2D eigenvalue weighted by molar-refractivity contribution is 7.16. The second-order valence-corrected chi connectivity index (χ2v) is 10.8. The fourth-order valence-electron chi connectivity index (χ4n) is 4.99. The molecule has 2 aromatic carbocycles. The maximum atomic E-state index is 13.4. The zero-order valence-corrected chi connectivity index (χ0v) is 22.7. The number of aryl methyl sites for hydroxylation is 1. The fourth-order valence-corrected chi connectivity index (χ4v) is 5.95. The number of amides is 1. The summed E-state index contributed by atoms with van der Waals surface area (Å²) < 4.78 is 16.8. The molecule has 0 spiro atoms. The van der Waals surface area contributed by atoms with Gasteiger partial charge < -0.3 is 19.1 Å². The molecule has 2 unspecified atom stereocenters. The summed E-state index contributed by atoms with van der Waals surface area (Å²) in [4.78, 5) is 29.8. The zero-order chi connectivity index (χ0) is 26.6. The Hall–Kier alpha value is -3.28.